The molecular formula is C20H31ClN2O3. The standard InChI is InChI=1S/C20H30N2O3.ClH/c1-13(2)25-9-8-24-12-14-4-3-5-17(10-14)22-20(23)18-15-6-7-16(11-15)19(18)21;/h3-5,10,13,15-16,18-19H,6-9,11-12,21H2,1-2H3,(H,22,23);1H. The third-order valence-corrected chi connectivity index (χ3v) is 5.43. The highest BCUT2D eigenvalue weighted by molar-refractivity contribution is 5.93. The van der Waals surface area contributed by atoms with Gasteiger partial charge < -0.3 is 20.5 Å². The fourth-order valence-corrected chi connectivity index (χ4v) is 4.22. The number of hydrogen-bond acceptors (Lipinski definition) is 4. The predicted octanol–water partition coefficient (Wildman–Crippen LogP) is 3.36. The van der Waals surface area contributed by atoms with E-state index in [0.717, 1.165) is 24.1 Å². The highest BCUT2D eigenvalue weighted by atomic mass is 35.5. The zero-order valence-electron chi connectivity index (χ0n) is 15.6. The van der Waals surface area contributed by atoms with Crippen molar-refractivity contribution in [2.45, 2.75) is 51.9 Å². The van der Waals surface area contributed by atoms with Crippen LogP contribution in [0.25, 0.3) is 0 Å². The average Bonchev–Trinajstić information content (AvgIpc) is 3.15. The van der Waals surface area contributed by atoms with Gasteiger partial charge in [-0.25, -0.2) is 0 Å². The summed E-state index contributed by atoms with van der Waals surface area (Å²) in [6.45, 7) is 5.69. The smallest absolute Gasteiger partial charge is 0.229 e. The van der Waals surface area contributed by atoms with Gasteiger partial charge in [-0.05, 0) is 62.6 Å². The molecule has 2 aliphatic carbocycles. The van der Waals surface area contributed by atoms with E-state index in [1.54, 1.807) is 0 Å². The lowest BCUT2D eigenvalue weighted by atomic mass is 9.84. The molecular weight excluding hydrogens is 352 g/mol. The van der Waals surface area contributed by atoms with Crippen molar-refractivity contribution in [1.29, 1.82) is 0 Å². The van der Waals surface area contributed by atoms with Crippen LogP contribution in [-0.2, 0) is 20.9 Å². The first kappa shape index (κ1) is 21.2. The summed E-state index contributed by atoms with van der Waals surface area (Å²) < 4.78 is 11.1. The maximum Gasteiger partial charge on any atom is 0.229 e. The minimum atomic E-state index is -0.0353. The zero-order valence-corrected chi connectivity index (χ0v) is 16.5. The SMILES string of the molecule is CC(C)OCCOCc1cccc(NC(=O)C2C3CCC(C3)C2N)c1.Cl. The largest absolute Gasteiger partial charge is 0.376 e. The zero-order chi connectivity index (χ0) is 17.8. The fraction of sp³-hybridized carbons (Fsp3) is 0.650. The van der Waals surface area contributed by atoms with Crippen molar-refractivity contribution >= 4 is 24.0 Å². The summed E-state index contributed by atoms with van der Waals surface area (Å²) in [5.41, 5.74) is 8.13. The first-order valence-electron chi connectivity index (χ1n) is 9.39. The van der Waals surface area contributed by atoms with Gasteiger partial charge in [0.15, 0.2) is 0 Å². The Morgan fingerprint density at radius 1 is 1.27 bits per heavy atom. The third kappa shape index (κ3) is 5.19. The molecule has 1 aromatic carbocycles. The molecule has 3 N–H and O–H groups in total. The molecule has 0 saturated heterocycles. The van der Waals surface area contributed by atoms with Gasteiger partial charge in [0.1, 0.15) is 0 Å². The molecule has 4 atom stereocenters. The normalized spacial score (nSPS) is 26.8. The van der Waals surface area contributed by atoms with Gasteiger partial charge in [0.25, 0.3) is 0 Å². The molecule has 0 spiro atoms. The van der Waals surface area contributed by atoms with Crippen LogP contribution in [0.4, 0.5) is 5.69 Å². The van der Waals surface area contributed by atoms with Crippen LogP contribution in [0, 0.1) is 17.8 Å². The second-order valence-corrected chi connectivity index (χ2v) is 7.60. The number of anilines is 1. The topological polar surface area (TPSA) is 73.6 Å². The molecule has 2 aliphatic rings. The quantitative estimate of drug-likeness (QED) is 0.676. The number of ether oxygens (including phenoxy) is 2. The summed E-state index contributed by atoms with van der Waals surface area (Å²) in [5.74, 6) is 1.04. The summed E-state index contributed by atoms with van der Waals surface area (Å²) in [6.07, 6.45) is 3.66. The van der Waals surface area contributed by atoms with Crippen LogP contribution in [0.3, 0.4) is 0 Å². The number of fused-ring (bicyclic) bond motifs is 2. The monoisotopic (exact) mass is 382 g/mol. The second-order valence-electron chi connectivity index (χ2n) is 7.60. The molecule has 6 heteroatoms. The van der Waals surface area contributed by atoms with Crippen molar-refractivity contribution in [1.82, 2.24) is 0 Å². The lowest BCUT2D eigenvalue weighted by Crippen LogP contribution is -2.42. The number of carbonyl (C=O) groups is 1. The molecule has 2 fully saturated rings. The van der Waals surface area contributed by atoms with E-state index >= 15 is 0 Å². The van der Waals surface area contributed by atoms with Crippen LogP contribution in [0.2, 0.25) is 0 Å². The van der Waals surface area contributed by atoms with E-state index in [2.05, 4.69) is 5.32 Å². The van der Waals surface area contributed by atoms with E-state index in [-0.39, 0.29) is 36.4 Å². The average molecular weight is 383 g/mol. The van der Waals surface area contributed by atoms with Gasteiger partial charge in [0.2, 0.25) is 5.91 Å². The van der Waals surface area contributed by atoms with Crippen molar-refractivity contribution in [3.63, 3.8) is 0 Å². The lowest BCUT2D eigenvalue weighted by Gasteiger charge is -2.27. The van der Waals surface area contributed by atoms with E-state index < -0.39 is 0 Å². The van der Waals surface area contributed by atoms with Crippen molar-refractivity contribution in [3.8, 4) is 0 Å². The Kier molecular flexibility index (Phi) is 7.89. The molecule has 1 aromatic rings. The van der Waals surface area contributed by atoms with Crippen molar-refractivity contribution in [2.24, 2.45) is 23.5 Å². The summed E-state index contributed by atoms with van der Waals surface area (Å²) in [4.78, 5) is 12.7. The number of benzene rings is 1. The first-order chi connectivity index (χ1) is 12.0. The predicted molar refractivity (Wildman–Crippen MR) is 105 cm³/mol. The first-order valence-corrected chi connectivity index (χ1v) is 9.39. The maximum atomic E-state index is 12.7. The van der Waals surface area contributed by atoms with E-state index in [4.69, 9.17) is 15.2 Å². The number of amides is 1. The van der Waals surface area contributed by atoms with Gasteiger partial charge in [-0.2, -0.15) is 0 Å². The molecule has 0 aromatic heterocycles. The number of nitrogens with one attached hydrogen (secondary N) is 1. The van der Waals surface area contributed by atoms with Gasteiger partial charge in [-0.3, -0.25) is 4.79 Å². The van der Waals surface area contributed by atoms with Crippen LogP contribution < -0.4 is 11.1 Å². The second kappa shape index (κ2) is 9.70. The van der Waals surface area contributed by atoms with Gasteiger partial charge in [-0.1, -0.05) is 12.1 Å². The molecule has 0 heterocycles. The minimum absolute atomic E-state index is 0. The highest BCUT2D eigenvalue weighted by Crippen LogP contribution is 2.47. The molecule has 3 rings (SSSR count). The highest BCUT2D eigenvalue weighted by Gasteiger charge is 2.49. The Morgan fingerprint density at radius 2 is 2.04 bits per heavy atom. The molecule has 0 aliphatic heterocycles. The summed E-state index contributed by atoms with van der Waals surface area (Å²) in [6, 6.07) is 7.86. The maximum absolute atomic E-state index is 12.7. The van der Waals surface area contributed by atoms with Crippen molar-refractivity contribution < 1.29 is 14.3 Å². The molecule has 2 saturated carbocycles. The number of halogens is 1. The summed E-state index contributed by atoms with van der Waals surface area (Å²) in [7, 11) is 0. The van der Waals surface area contributed by atoms with Crippen molar-refractivity contribution in [2.75, 3.05) is 18.5 Å². The van der Waals surface area contributed by atoms with E-state index in [0.29, 0.717) is 31.7 Å². The minimum Gasteiger partial charge on any atom is -0.376 e. The fourth-order valence-electron chi connectivity index (χ4n) is 4.22. The molecule has 5 nitrogen and oxygen atoms in total. The van der Waals surface area contributed by atoms with Gasteiger partial charge in [0.05, 0.1) is 31.8 Å². The number of hydrogen-bond donors (Lipinski definition) is 2. The Balaban J connectivity index is 0.00000243. The van der Waals surface area contributed by atoms with Gasteiger partial charge >= 0.3 is 0 Å². The van der Waals surface area contributed by atoms with Crippen LogP contribution in [0.15, 0.2) is 24.3 Å². The molecule has 4 unspecified atom stereocenters. The molecule has 0 radical (unpaired) electrons. The van der Waals surface area contributed by atoms with Gasteiger partial charge in [-0.15, -0.1) is 12.4 Å². The Bertz CT molecular complexity index is 594. The molecule has 146 valence electrons. The number of carbonyl (C=O) groups excluding carboxylic acids is 1. The number of rotatable bonds is 8. The Hall–Kier alpha value is -1.14. The molecule has 2 bridgehead atoms. The van der Waals surface area contributed by atoms with Crippen LogP contribution in [-0.4, -0.2) is 31.3 Å². The van der Waals surface area contributed by atoms with E-state index in [1.165, 1.54) is 6.42 Å². The van der Waals surface area contributed by atoms with Crippen LogP contribution in [0.1, 0.15) is 38.7 Å². The van der Waals surface area contributed by atoms with Crippen LogP contribution in [0.5, 0.6) is 0 Å². The van der Waals surface area contributed by atoms with Gasteiger partial charge in [0, 0.05) is 11.7 Å². The Morgan fingerprint density at radius 3 is 2.73 bits per heavy atom. The summed E-state index contributed by atoms with van der Waals surface area (Å²) >= 11 is 0. The van der Waals surface area contributed by atoms with E-state index in [9.17, 15) is 4.79 Å². The van der Waals surface area contributed by atoms with E-state index in [1.807, 2.05) is 38.1 Å². The molecule has 1 amide bonds. The molecule has 26 heavy (non-hydrogen) atoms. The van der Waals surface area contributed by atoms with Crippen LogP contribution >= 0.6 is 12.4 Å². The number of nitrogens with two attached hydrogens (primary N) is 1. The lowest BCUT2D eigenvalue weighted by molar-refractivity contribution is -0.121. The van der Waals surface area contributed by atoms with Crippen molar-refractivity contribution in [3.05, 3.63) is 29.8 Å². The Labute approximate surface area is 162 Å². The third-order valence-electron chi connectivity index (χ3n) is 5.43. The summed E-state index contributed by atoms with van der Waals surface area (Å²) in [5, 5.41) is 3.06.